The molecule has 0 aromatic heterocycles. The molecule has 2 aromatic carbocycles. The van der Waals surface area contributed by atoms with E-state index in [0.29, 0.717) is 41.1 Å². The summed E-state index contributed by atoms with van der Waals surface area (Å²) < 4.78 is 0. The van der Waals surface area contributed by atoms with Crippen molar-refractivity contribution >= 4 is 11.7 Å². The summed E-state index contributed by atoms with van der Waals surface area (Å²) in [5.74, 6) is -0.531. The van der Waals surface area contributed by atoms with E-state index in [0.717, 1.165) is 12.8 Å². The monoisotopic (exact) mass is 418 g/mol. The lowest BCUT2D eigenvalue weighted by Gasteiger charge is -2.38. The van der Waals surface area contributed by atoms with Crippen molar-refractivity contribution in [1.29, 1.82) is 0 Å². The molecule has 0 saturated carbocycles. The van der Waals surface area contributed by atoms with Crippen LogP contribution < -0.4 is 5.32 Å². The molecule has 1 aliphatic rings. The van der Waals surface area contributed by atoms with Crippen molar-refractivity contribution in [3.05, 3.63) is 94.7 Å². The second-order valence-corrected chi connectivity index (χ2v) is 7.69. The van der Waals surface area contributed by atoms with Crippen molar-refractivity contribution in [2.24, 2.45) is 0 Å². The molecule has 162 valence electrons. The number of nitrogens with zero attached hydrogens (tertiary/aromatic N) is 1. The van der Waals surface area contributed by atoms with E-state index in [1.165, 1.54) is 6.08 Å². The number of hydrogen-bond donors (Lipinski definition) is 2. The van der Waals surface area contributed by atoms with Crippen LogP contribution in [0.25, 0.3) is 0 Å². The van der Waals surface area contributed by atoms with E-state index in [2.05, 4.69) is 5.32 Å². The molecule has 2 aromatic rings. The Balaban J connectivity index is 2.21. The first-order chi connectivity index (χ1) is 14.9. The van der Waals surface area contributed by atoms with Crippen LogP contribution in [0, 0.1) is 0 Å². The number of ketones is 1. The molecule has 2 N–H and O–H groups in total. The molecule has 1 atom stereocenters. The van der Waals surface area contributed by atoms with Crippen molar-refractivity contribution in [1.82, 2.24) is 10.2 Å². The van der Waals surface area contributed by atoms with E-state index >= 15 is 0 Å². The third-order valence-electron chi connectivity index (χ3n) is 5.52. The van der Waals surface area contributed by atoms with Crippen LogP contribution in [0.4, 0.5) is 0 Å². The maximum atomic E-state index is 13.2. The molecule has 0 bridgehead atoms. The average Bonchev–Trinajstić information content (AvgIpc) is 3.01. The van der Waals surface area contributed by atoms with E-state index < -0.39 is 5.72 Å². The van der Waals surface area contributed by atoms with Gasteiger partial charge in [0.2, 0.25) is 0 Å². The third-order valence-corrected chi connectivity index (χ3v) is 5.52. The van der Waals surface area contributed by atoms with Crippen LogP contribution >= 0.6 is 0 Å². The molecule has 0 aliphatic carbocycles. The van der Waals surface area contributed by atoms with Gasteiger partial charge in [0.05, 0.1) is 5.57 Å². The first kappa shape index (κ1) is 22.5. The topological polar surface area (TPSA) is 69.6 Å². The first-order valence-corrected chi connectivity index (χ1v) is 10.8. The minimum Gasteiger partial charge on any atom is -0.363 e. The van der Waals surface area contributed by atoms with Crippen molar-refractivity contribution in [3.8, 4) is 0 Å². The van der Waals surface area contributed by atoms with E-state index in [4.69, 9.17) is 0 Å². The zero-order valence-electron chi connectivity index (χ0n) is 18.4. The largest absolute Gasteiger partial charge is 0.363 e. The molecule has 1 unspecified atom stereocenters. The van der Waals surface area contributed by atoms with Crippen LogP contribution in [0.15, 0.2) is 83.6 Å². The quantitative estimate of drug-likeness (QED) is 0.499. The van der Waals surface area contributed by atoms with Gasteiger partial charge in [0.15, 0.2) is 11.5 Å². The molecule has 1 heterocycles. The number of aliphatic hydroxyl groups is 1. The molecular formula is C26H30N2O3. The van der Waals surface area contributed by atoms with Gasteiger partial charge in [-0.1, -0.05) is 74.5 Å². The summed E-state index contributed by atoms with van der Waals surface area (Å²) in [6.07, 6.45) is 2.99. The first-order valence-electron chi connectivity index (χ1n) is 10.8. The zero-order valence-corrected chi connectivity index (χ0v) is 18.4. The van der Waals surface area contributed by atoms with Gasteiger partial charge in [-0.2, -0.15) is 0 Å². The van der Waals surface area contributed by atoms with Gasteiger partial charge in [-0.3, -0.25) is 9.59 Å². The number of rotatable bonds is 8. The number of allylic oxidation sites excluding steroid dienone is 2. The second-order valence-electron chi connectivity index (χ2n) is 7.69. The molecule has 31 heavy (non-hydrogen) atoms. The van der Waals surface area contributed by atoms with E-state index in [1.54, 1.807) is 24.3 Å². The summed E-state index contributed by atoms with van der Waals surface area (Å²) >= 11 is 0. The van der Waals surface area contributed by atoms with Crippen molar-refractivity contribution in [2.45, 2.75) is 39.3 Å². The highest BCUT2D eigenvalue weighted by Gasteiger charge is 2.49. The number of nitrogens with one attached hydrogen (secondary N) is 1. The van der Waals surface area contributed by atoms with Gasteiger partial charge in [0.1, 0.15) is 0 Å². The SMILES string of the molecule is CCCNC(=O)C1=C(C)N(CCC)C(O)(c2ccccc2)/C1=C/C(=O)c1ccccc1. The molecule has 0 radical (unpaired) electrons. The molecule has 0 fully saturated rings. The van der Waals surface area contributed by atoms with Crippen LogP contribution in [-0.4, -0.2) is 34.8 Å². The maximum Gasteiger partial charge on any atom is 0.253 e. The van der Waals surface area contributed by atoms with Crippen molar-refractivity contribution in [2.75, 3.05) is 13.1 Å². The van der Waals surface area contributed by atoms with Gasteiger partial charge in [0.25, 0.3) is 5.91 Å². The van der Waals surface area contributed by atoms with Gasteiger partial charge in [-0.15, -0.1) is 0 Å². The van der Waals surface area contributed by atoms with Gasteiger partial charge in [-0.25, -0.2) is 0 Å². The van der Waals surface area contributed by atoms with Gasteiger partial charge < -0.3 is 15.3 Å². The third kappa shape index (κ3) is 4.32. The summed E-state index contributed by atoms with van der Waals surface area (Å²) in [7, 11) is 0. The molecule has 0 saturated heterocycles. The standard InChI is InChI=1S/C26H30N2O3/c1-4-16-27-25(30)24-19(3)28(17-5-2)26(31,21-14-10-7-11-15-21)22(24)18-23(29)20-12-8-6-9-13-20/h6-15,18,31H,4-5,16-17H2,1-3H3,(H,27,30)/b22-18+. The molecular weight excluding hydrogens is 388 g/mol. The molecule has 3 rings (SSSR count). The highest BCUT2D eigenvalue weighted by atomic mass is 16.3. The Labute approximate surface area is 184 Å². The van der Waals surface area contributed by atoms with Crippen LogP contribution in [0.5, 0.6) is 0 Å². The fourth-order valence-electron chi connectivity index (χ4n) is 4.03. The fourth-order valence-corrected chi connectivity index (χ4v) is 4.03. The Bertz CT molecular complexity index is 996. The second kappa shape index (κ2) is 9.75. The summed E-state index contributed by atoms with van der Waals surface area (Å²) in [4.78, 5) is 28.1. The van der Waals surface area contributed by atoms with Crippen LogP contribution in [0.3, 0.4) is 0 Å². The summed E-state index contributed by atoms with van der Waals surface area (Å²) in [5, 5.41) is 15.0. The predicted molar refractivity (Wildman–Crippen MR) is 122 cm³/mol. The van der Waals surface area contributed by atoms with Crippen molar-refractivity contribution < 1.29 is 14.7 Å². The molecule has 1 amide bonds. The summed E-state index contributed by atoms with van der Waals surface area (Å²) in [6, 6.07) is 18.1. The summed E-state index contributed by atoms with van der Waals surface area (Å²) in [5.41, 5.74) is 0.849. The number of carbonyl (C=O) groups is 2. The number of benzene rings is 2. The number of amides is 1. The lowest BCUT2D eigenvalue weighted by atomic mass is 9.89. The Morgan fingerprint density at radius 3 is 2.19 bits per heavy atom. The maximum absolute atomic E-state index is 13.2. The Kier molecular flexibility index (Phi) is 7.08. The highest BCUT2D eigenvalue weighted by Crippen LogP contribution is 2.47. The molecule has 5 nitrogen and oxygen atoms in total. The molecule has 1 aliphatic heterocycles. The minimum absolute atomic E-state index is 0.253. The minimum atomic E-state index is -1.61. The lowest BCUT2D eigenvalue weighted by Crippen LogP contribution is -2.43. The smallest absolute Gasteiger partial charge is 0.253 e. The Hall–Kier alpha value is -3.18. The predicted octanol–water partition coefficient (Wildman–Crippen LogP) is 4.17. The van der Waals surface area contributed by atoms with E-state index in [1.807, 2.05) is 62.1 Å². The van der Waals surface area contributed by atoms with Gasteiger partial charge >= 0.3 is 0 Å². The van der Waals surface area contributed by atoms with Crippen LogP contribution in [-0.2, 0) is 10.5 Å². The van der Waals surface area contributed by atoms with Crippen LogP contribution in [0.2, 0.25) is 0 Å². The Morgan fingerprint density at radius 1 is 1.00 bits per heavy atom. The normalized spacial score (nSPS) is 19.7. The van der Waals surface area contributed by atoms with Crippen molar-refractivity contribution in [3.63, 3.8) is 0 Å². The Morgan fingerprint density at radius 2 is 1.61 bits per heavy atom. The number of hydrogen-bond acceptors (Lipinski definition) is 4. The van der Waals surface area contributed by atoms with Gasteiger partial charge in [-0.05, 0) is 25.8 Å². The average molecular weight is 419 g/mol. The highest BCUT2D eigenvalue weighted by molar-refractivity contribution is 6.08. The molecule has 5 heteroatoms. The summed E-state index contributed by atoms with van der Waals surface area (Å²) in [6.45, 7) is 6.89. The lowest BCUT2D eigenvalue weighted by molar-refractivity contribution is -0.117. The van der Waals surface area contributed by atoms with Crippen LogP contribution in [0.1, 0.15) is 49.5 Å². The number of carbonyl (C=O) groups excluding carboxylic acids is 2. The van der Waals surface area contributed by atoms with Gasteiger partial charge in [0, 0.05) is 35.5 Å². The van der Waals surface area contributed by atoms with E-state index in [9.17, 15) is 14.7 Å². The molecule has 0 spiro atoms. The van der Waals surface area contributed by atoms with E-state index in [-0.39, 0.29) is 11.7 Å². The zero-order chi connectivity index (χ0) is 22.4. The fraction of sp³-hybridized carbons (Fsp3) is 0.308.